The first-order valence-corrected chi connectivity index (χ1v) is 12.4. The van der Waals surface area contributed by atoms with Crippen LogP contribution in [0.4, 0.5) is 5.69 Å². The molecule has 2 aliphatic rings. The van der Waals surface area contributed by atoms with Crippen LogP contribution in [0.5, 0.6) is 0 Å². The van der Waals surface area contributed by atoms with Crippen molar-refractivity contribution in [3.8, 4) is 0 Å². The van der Waals surface area contributed by atoms with Crippen LogP contribution < -0.4 is 16.2 Å². The molecule has 36 heavy (non-hydrogen) atoms. The van der Waals surface area contributed by atoms with E-state index in [1.54, 1.807) is 41.5 Å². The highest BCUT2D eigenvalue weighted by Crippen LogP contribution is 2.33. The van der Waals surface area contributed by atoms with Gasteiger partial charge >= 0.3 is 0 Å². The molecule has 1 aliphatic heterocycles. The monoisotopic (exact) mass is 483 g/mol. The number of pyridine rings is 1. The van der Waals surface area contributed by atoms with E-state index >= 15 is 0 Å². The summed E-state index contributed by atoms with van der Waals surface area (Å²) in [7, 11) is 0. The van der Waals surface area contributed by atoms with E-state index in [0.29, 0.717) is 18.0 Å². The van der Waals surface area contributed by atoms with Gasteiger partial charge in [-0.15, -0.1) is 0 Å². The molecule has 5 rings (SSSR count). The molecule has 0 bridgehead atoms. The van der Waals surface area contributed by atoms with E-state index < -0.39 is 0 Å². The van der Waals surface area contributed by atoms with Gasteiger partial charge in [-0.3, -0.25) is 14.4 Å². The molecule has 3 N–H and O–H groups in total. The quantitative estimate of drug-likeness (QED) is 0.440. The van der Waals surface area contributed by atoms with E-state index in [2.05, 4.69) is 20.6 Å². The van der Waals surface area contributed by atoms with Crippen molar-refractivity contribution in [1.82, 2.24) is 19.9 Å². The van der Waals surface area contributed by atoms with Crippen molar-refractivity contribution < 1.29 is 9.59 Å². The molecule has 0 radical (unpaired) electrons. The number of carbonyl (C=O) groups excluding carboxylic acids is 2. The number of hydrogen-bond donors (Lipinski definition) is 3. The van der Waals surface area contributed by atoms with Crippen LogP contribution in [-0.4, -0.2) is 32.9 Å². The number of amides is 2. The Morgan fingerprint density at radius 1 is 1.17 bits per heavy atom. The fourth-order valence-electron chi connectivity index (χ4n) is 4.90. The third-order valence-corrected chi connectivity index (χ3v) is 6.78. The van der Waals surface area contributed by atoms with Crippen LogP contribution in [0.2, 0.25) is 0 Å². The van der Waals surface area contributed by atoms with Crippen molar-refractivity contribution in [3.63, 3.8) is 0 Å². The summed E-state index contributed by atoms with van der Waals surface area (Å²) in [5, 5.41) is 5.69. The Labute approximate surface area is 209 Å². The molecule has 1 aromatic carbocycles. The molecule has 0 atom stereocenters. The molecule has 0 spiro atoms. The van der Waals surface area contributed by atoms with Gasteiger partial charge in [-0.2, -0.15) is 0 Å². The van der Waals surface area contributed by atoms with Crippen LogP contribution in [-0.2, 0) is 11.3 Å². The van der Waals surface area contributed by atoms with E-state index in [0.717, 1.165) is 35.3 Å². The molecular formula is C28H29N5O3. The third kappa shape index (κ3) is 5.22. The molecule has 8 heteroatoms. The van der Waals surface area contributed by atoms with E-state index in [-0.39, 0.29) is 29.5 Å². The van der Waals surface area contributed by atoms with Gasteiger partial charge in [0.2, 0.25) is 0 Å². The van der Waals surface area contributed by atoms with Crippen molar-refractivity contribution in [2.45, 2.75) is 38.6 Å². The number of rotatable bonds is 7. The fraction of sp³-hybridized carbons (Fsp3) is 0.286. The summed E-state index contributed by atoms with van der Waals surface area (Å²) in [6.45, 7) is 0.956. The molecule has 8 nitrogen and oxygen atoms in total. The number of nitrogens with one attached hydrogen (secondary N) is 3. The number of aromatic amines is 1. The summed E-state index contributed by atoms with van der Waals surface area (Å²) in [6.07, 6.45) is 16.4. The van der Waals surface area contributed by atoms with E-state index in [9.17, 15) is 14.4 Å². The van der Waals surface area contributed by atoms with E-state index in [1.807, 2.05) is 30.4 Å². The summed E-state index contributed by atoms with van der Waals surface area (Å²) in [4.78, 5) is 44.8. The Kier molecular flexibility index (Phi) is 6.93. The molecule has 0 saturated heterocycles. The Morgan fingerprint density at radius 3 is 2.83 bits per heavy atom. The van der Waals surface area contributed by atoms with Crippen molar-refractivity contribution in [1.29, 1.82) is 0 Å². The number of anilines is 1. The number of H-pyrrole nitrogens is 1. The van der Waals surface area contributed by atoms with Crippen molar-refractivity contribution >= 4 is 35.2 Å². The average Bonchev–Trinajstić information content (AvgIpc) is 3.51. The number of imidazole rings is 1. The van der Waals surface area contributed by atoms with Gasteiger partial charge in [-0.25, -0.2) is 4.98 Å². The normalized spacial score (nSPS) is 16.9. The number of hydrogen-bond acceptors (Lipinski definition) is 4. The van der Waals surface area contributed by atoms with Crippen molar-refractivity contribution in [2.24, 2.45) is 5.92 Å². The summed E-state index contributed by atoms with van der Waals surface area (Å²) < 4.78 is 1.68. The Balaban J connectivity index is 1.20. The molecule has 1 fully saturated rings. The molecule has 1 saturated carbocycles. The lowest BCUT2D eigenvalue weighted by molar-refractivity contribution is -0.110. The maximum Gasteiger partial charge on any atom is 0.263 e. The van der Waals surface area contributed by atoms with Crippen LogP contribution in [0.1, 0.15) is 59.3 Å². The van der Waals surface area contributed by atoms with Gasteiger partial charge in [0.1, 0.15) is 5.56 Å². The summed E-state index contributed by atoms with van der Waals surface area (Å²) in [6, 6.07) is 9.05. The van der Waals surface area contributed by atoms with Gasteiger partial charge in [0.25, 0.3) is 17.4 Å². The van der Waals surface area contributed by atoms with Crippen LogP contribution >= 0.6 is 0 Å². The van der Waals surface area contributed by atoms with Crippen LogP contribution in [0.3, 0.4) is 0 Å². The zero-order valence-corrected chi connectivity index (χ0v) is 20.0. The number of benzene rings is 1. The van der Waals surface area contributed by atoms with Gasteiger partial charge in [0.15, 0.2) is 0 Å². The van der Waals surface area contributed by atoms with Crippen LogP contribution in [0, 0.1) is 5.92 Å². The lowest BCUT2D eigenvalue weighted by Gasteiger charge is -2.22. The highest BCUT2D eigenvalue weighted by atomic mass is 16.2. The largest absolute Gasteiger partial charge is 0.348 e. The Hall–Kier alpha value is -4.20. The van der Waals surface area contributed by atoms with Gasteiger partial charge in [-0.05, 0) is 48.6 Å². The molecule has 1 aliphatic carbocycles. The first-order chi connectivity index (χ1) is 17.6. The lowest BCUT2D eigenvalue weighted by Crippen LogP contribution is -2.34. The molecule has 2 aromatic heterocycles. The molecule has 2 amide bonds. The molecule has 184 valence electrons. The Morgan fingerprint density at radius 2 is 2.03 bits per heavy atom. The summed E-state index contributed by atoms with van der Waals surface area (Å²) in [5.74, 6) is -0.0331. The fourth-order valence-corrected chi connectivity index (χ4v) is 4.90. The van der Waals surface area contributed by atoms with Crippen molar-refractivity contribution in [2.75, 3.05) is 11.9 Å². The minimum atomic E-state index is -0.377. The lowest BCUT2D eigenvalue weighted by atomic mass is 9.89. The predicted molar refractivity (Wildman–Crippen MR) is 140 cm³/mol. The van der Waals surface area contributed by atoms with Crippen LogP contribution in [0.15, 0.2) is 59.9 Å². The smallest absolute Gasteiger partial charge is 0.263 e. The SMILES string of the molecule is O=C1Nc2cc(/C=C/CNC(=O)c3cccn(CC4CCCCC4)c3=O)ccc2C1=Cc1cnc[nH]1. The van der Waals surface area contributed by atoms with E-state index in [1.165, 1.54) is 19.3 Å². The summed E-state index contributed by atoms with van der Waals surface area (Å²) in [5.41, 5.74) is 3.71. The second-order valence-electron chi connectivity index (χ2n) is 9.32. The maximum atomic E-state index is 12.8. The molecular weight excluding hydrogens is 454 g/mol. The first kappa shape index (κ1) is 23.5. The Bertz CT molecular complexity index is 1380. The minimum absolute atomic E-state index is 0.162. The second kappa shape index (κ2) is 10.6. The van der Waals surface area contributed by atoms with Crippen molar-refractivity contribution in [3.05, 3.63) is 87.9 Å². The molecule has 0 unspecified atom stereocenters. The third-order valence-electron chi connectivity index (χ3n) is 6.78. The maximum absolute atomic E-state index is 12.8. The molecule has 3 aromatic rings. The highest BCUT2D eigenvalue weighted by Gasteiger charge is 2.24. The van der Waals surface area contributed by atoms with Crippen LogP contribution in [0.25, 0.3) is 17.7 Å². The number of nitrogens with zero attached hydrogens (tertiary/aromatic N) is 2. The summed E-state index contributed by atoms with van der Waals surface area (Å²) >= 11 is 0. The van der Waals surface area contributed by atoms with E-state index in [4.69, 9.17) is 0 Å². The predicted octanol–water partition coefficient (Wildman–Crippen LogP) is 4.09. The number of aromatic nitrogens is 3. The second-order valence-corrected chi connectivity index (χ2v) is 9.32. The first-order valence-electron chi connectivity index (χ1n) is 12.4. The zero-order chi connectivity index (χ0) is 24.9. The van der Waals surface area contributed by atoms with Gasteiger partial charge in [-0.1, -0.05) is 43.5 Å². The zero-order valence-electron chi connectivity index (χ0n) is 20.0. The molecule has 3 heterocycles. The minimum Gasteiger partial charge on any atom is -0.348 e. The van der Waals surface area contributed by atoms with Gasteiger partial charge < -0.3 is 20.2 Å². The topological polar surface area (TPSA) is 109 Å². The standard InChI is InChI=1S/C28H29N5O3/c34-26(23-9-5-13-33(28(23)36)17-20-6-2-1-3-7-20)30-12-4-8-19-10-11-22-24(15-21-16-29-18-31-21)27(35)32-25(22)14-19/h4-5,8-11,13-16,18,20H,1-3,6-7,12,17H2,(H,29,31)(H,30,34)(H,32,35)/b8-4+,24-15?. The number of fused-ring (bicyclic) bond motifs is 1. The average molecular weight is 484 g/mol. The van der Waals surface area contributed by atoms with Gasteiger partial charge in [0, 0.05) is 30.5 Å². The van der Waals surface area contributed by atoms with Gasteiger partial charge in [0.05, 0.1) is 23.8 Å². The highest BCUT2D eigenvalue weighted by molar-refractivity contribution is 6.34. The number of carbonyl (C=O) groups is 2.